The van der Waals surface area contributed by atoms with Gasteiger partial charge in [-0.3, -0.25) is 4.79 Å². The highest BCUT2D eigenvalue weighted by molar-refractivity contribution is 5.91. The monoisotopic (exact) mass is 220 g/mol. The van der Waals surface area contributed by atoms with Gasteiger partial charge < -0.3 is 13.7 Å². The van der Waals surface area contributed by atoms with Crippen LogP contribution in [0.3, 0.4) is 0 Å². The van der Waals surface area contributed by atoms with Gasteiger partial charge in [0.1, 0.15) is 5.52 Å². The third-order valence-corrected chi connectivity index (χ3v) is 2.35. The van der Waals surface area contributed by atoms with Crippen molar-refractivity contribution in [2.24, 2.45) is 7.05 Å². The molecule has 0 spiro atoms. The van der Waals surface area contributed by atoms with Crippen molar-refractivity contribution in [3.05, 3.63) is 40.6 Å². The molecule has 2 rings (SSSR count). The SMILES string of the molecule is CCOC(=O)c1cc2c(=O)n(C)ccn2c1. The number of hydrogen-bond donors (Lipinski definition) is 0. The molecule has 0 aliphatic rings. The van der Waals surface area contributed by atoms with Crippen molar-refractivity contribution in [3.8, 4) is 0 Å². The second kappa shape index (κ2) is 3.84. The molecular formula is C11H12N2O3. The molecule has 0 saturated carbocycles. The van der Waals surface area contributed by atoms with Gasteiger partial charge in [-0.2, -0.15) is 0 Å². The van der Waals surface area contributed by atoms with Gasteiger partial charge >= 0.3 is 5.97 Å². The molecule has 0 saturated heterocycles. The van der Waals surface area contributed by atoms with E-state index in [1.54, 1.807) is 43.0 Å². The van der Waals surface area contributed by atoms with Gasteiger partial charge in [-0.25, -0.2) is 4.79 Å². The van der Waals surface area contributed by atoms with Gasteiger partial charge in [0.2, 0.25) is 0 Å². The van der Waals surface area contributed by atoms with Crippen molar-refractivity contribution >= 4 is 11.5 Å². The fourth-order valence-electron chi connectivity index (χ4n) is 1.52. The van der Waals surface area contributed by atoms with Crippen LogP contribution in [0.4, 0.5) is 0 Å². The number of aryl methyl sites for hydroxylation is 1. The van der Waals surface area contributed by atoms with Crippen LogP contribution in [0.1, 0.15) is 17.3 Å². The number of hydrogen-bond acceptors (Lipinski definition) is 3. The van der Waals surface area contributed by atoms with Gasteiger partial charge in [0.25, 0.3) is 5.56 Å². The van der Waals surface area contributed by atoms with E-state index < -0.39 is 5.97 Å². The van der Waals surface area contributed by atoms with Crippen LogP contribution in [0.25, 0.3) is 5.52 Å². The lowest BCUT2D eigenvalue weighted by molar-refractivity contribution is 0.0526. The highest BCUT2D eigenvalue weighted by atomic mass is 16.5. The molecule has 2 heterocycles. The van der Waals surface area contributed by atoms with E-state index in [1.807, 2.05) is 0 Å². The van der Waals surface area contributed by atoms with Crippen LogP contribution in [0, 0.1) is 0 Å². The maximum atomic E-state index is 11.7. The summed E-state index contributed by atoms with van der Waals surface area (Å²) in [5.41, 5.74) is 0.719. The van der Waals surface area contributed by atoms with Crippen LogP contribution in [0.5, 0.6) is 0 Å². The Morgan fingerprint density at radius 2 is 2.19 bits per heavy atom. The molecule has 0 N–H and O–H groups in total. The summed E-state index contributed by atoms with van der Waals surface area (Å²) >= 11 is 0. The summed E-state index contributed by atoms with van der Waals surface area (Å²) in [6.07, 6.45) is 4.96. The minimum atomic E-state index is -0.409. The smallest absolute Gasteiger partial charge is 0.339 e. The second-order valence-electron chi connectivity index (χ2n) is 3.46. The molecule has 0 bridgehead atoms. The summed E-state index contributed by atoms with van der Waals surface area (Å²) in [5, 5.41) is 0. The number of nitrogens with zero attached hydrogens (tertiary/aromatic N) is 2. The standard InChI is InChI=1S/C11H12N2O3/c1-3-16-11(15)8-6-9-10(14)12(2)4-5-13(9)7-8/h4-7H,3H2,1-2H3. The fourth-order valence-corrected chi connectivity index (χ4v) is 1.52. The van der Waals surface area contributed by atoms with E-state index in [0.717, 1.165) is 0 Å². The van der Waals surface area contributed by atoms with E-state index in [4.69, 9.17) is 4.74 Å². The van der Waals surface area contributed by atoms with E-state index >= 15 is 0 Å². The van der Waals surface area contributed by atoms with E-state index in [2.05, 4.69) is 0 Å². The lowest BCUT2D eigenvalue weighted by atomic mass is 10.3. The molecule has 0 fully saturated rings. The zero-order chi connectivity index (χ0) is 11.7. The van der Waals surface area contributed by atoms with Gasteiger partial charge in [-0.15, -0.1) is 0 Å². The van der Waals surface area contributed by atoms with Crippen LogP contribution in [-0.2, 0) is 11.8 Å². The first kappa shape index (κ1) is 10.5. The third-order valence-electron chi connectivity index (χ3n) is 2.35. The average Bonchev–Trinajstić information content (AvgIpc) is 2.69. The number of carbonyl (C=O) groups is 1. The Bertz CT molecular complexity index is 595. The van der Waals surface area contributed by atoms with E-state index in [-0.39, 0.29) is 5.56 Å². The summed E-state index contributed by atoms with van der Waals surface area (Å²) in [5.74, 6) is -0.409. The number of aromatic nitrogens is 2. The van der Waals surface area contributed by atoms with Crippen LogP contribution in [0.15, 0.2) is 29.5 Å². The summed E-state index contributed by atoms with van der Waals surface area (Å²) in [6, 6.07) is 1.54. The highest BCUT2D eigenvalue weighted by Crippen LogP contribution is 2.07. The topological polar surface area (TPSA) is 52.7 Å². The predicted octanol–water partition coefficient (Wildman–Crippen LogP) is 0.815. The molecule has 5 nitrogen and oxygen atoms in total. The Morgan fingerprint density at radius 1 is 1.44 bits per heavy atom. The molecule has 16 heavy (non-hydrogen) atoms. The molecule has 0 atom stereocenters. The predicted molar refractivity (Wildman–Crippen MR) is 58.6 cm³/mol. The molecule has 2 aromatic heterocycles. The molecule has 0 aliphatic heterocycles. The zero-order valence-electron chi connectivity index (χ0n) is 9.14. The summed E-state index contributed by atoms with van der Waals surface area (Å²) in [6.45, 7) is 2.07. The highest BCUT2D eigenvalue weighted by Gasteiger charge is 2.11. The van der Waals surface area contributed by atoms with Gasteiger partial charge in [-0.05, 0) is 13.0 Å². The zero-order valence-corrected chi connectivity index (χ0v) is 9.14. The number of fused-ring (bicyclic) bond motifs is 1. The third kappa shape index (κ3) is 1.60. The molecule has 0 amide bonds. The van der Waals surface area contributed by atoms with Gasteiger partial charge in [0.15, 0.2) is 0 Å². The van der Waals surface area contributed by atoms with Crippen molar-refractivity contribution in [2.45, 2.75) is 6.92 Å². The Labute approximate surface area is 91.9 Å². The maximum Gasteiger partial charge on any atom is 0.339 e. The van der Waals surface area contributed by atoms with Gasteiger partial charge in [0.05, 0.1) is 12.2 Å². The summed E-state index contributed by atoms with van der Waals surface area (Å²) in [4.78, 5) is 23.2. The number of esters is 1. The first-order chi connectivity index (χ1) is 7.63. The average molecular weight is 220 g/mol. The van der Waals surface area contributed by atoms with Crippen LogP contribution >= 0.6 is 0 Å². The van der Waals surface area contributed by atoms with E-state index in [1.165, 1.54) is 4.57 Å². The Balaban J connectivity index is 2.56. The van der Waals surface area contributed by atoms with Gasteiger partial charge in [-0.1, -0.05) is 0 Å². The van der Waals surface area contributed by atoms with Crippen molar-refractivity contribution < 1.29 is 9.53 Å². The lowest BCUT2D eigenvalue weighted by Crippen LogP contribution is -2.17. The summed E-state index contributed by atoms with van der Waals surface area (Å²) in [7, 11) is 1.67. The van der Waals surface area contributed by atoms with Gasteiger partial charge in [0, 0.05) is 25.6 Å². The molecule has 5 heteroatoms. The Kier molecular flexibility index (Phi) is 2.52. The maximum absolute atomic E-state index is 11.7. The summed E-state index contributed by atoms with van der Waals surface area (Å²) < 4.78 is 7.95. The van der Waals surface area contributed by atoms with Crippen molar-refractivity contribution in [3.63, 3.8) is 0 Å². The molecular weight excluding hydrogens is 208 g/mol. The van der Waals surface area contributed by atoms with Crippen LogP contribution < -0.4 is 5.56 Å². The minimum absolute atomic E-state index is 0.141. The van der Waals surface area contributed by atoms with Crippen LogP contribution in [0.2, 0.25) is 0 Å². The molecule has 0 radical (unpaired) electrons. The Hall–Kier alpha value is -2.04. The van der Waals surface area contributed by atoms with Crippen LogP contribution in [-0.4, -0.2) is 21.5 Å². The van der Waals surface area contributed by atoms with E-state index in [9.17, 15) is 9.59 Å². The second-order valence-corrected chi connectivity index (χ2v) is 3.46. The normalized spacial score (nSPS) is 10.6. The molecule has 0 aliphatic carbocycles. The van der Waals surface area contributed by atoms with Crippen molar-refractivity contribution in [1.29, 1.82) is 0 Å². The minimum Gasteiger partial charge on any atom is -0.462 e. The van der Waals surface area contributed by atoms with E-state index in [0.29, 0.717) is 17.7 Å². The number of carbonyl (C=O) groups excluding carboxylic acids is 1. The number of rotatable bonds is 2. The molecule has 0 unspecified atom stereocenters. The Morgan fingerprint density at radius 3 is 2.88 bits per heavy atom. The molecule has 2 aromatic rings. The lowest BCUT2D eigenvalue weighted by Gasteiger charge is -1.97. The van der Waals surface area contributed by atoms with Crippen molar-refractivity contribution in [1.82, 2.24) is 8.97 Å². The first-order valence-corrected chi connectivity index (χ1v) is 4.98. The fraction of sp³-hybridized carbons (Fsp3) is 0.273. The molecule has 84 valence electrons. The first-order valence-electron chi connectivity index (χ1n) is 4.98. The molecule has 0 aromatic carbocycles. The van der Waals surface area contributed by atoms with Crippen molar-refractivity contribution in [2.75, 3.05) is 6.61 Å². The number of ether oxygens (including phenoxy) is 1. The quantitative estimate of drug-likeness (QED) is 0.704. The largest absolute Gasteiger partial charge is 0.462 e.